The first-order valence-electron chi connectivity index (χ1n) is 21.3. The Morgan fingerprint density at radius 2 is 0.906 bits per heavy atom. The number of fused-ring (bicyclic) bond motifs is 4. The maximum absolute atomic E-state index is 7.10. The van der Waals surface area contributed by atoms with Gasteiger partial charge in [0.1, 0.15) is 17.2 Å². The number of benzene rings is 8. The lowest BCUT2D eigenvalue weighted by atomic mass is 10.1. The Kier molecular flexibility index (Phi) is 9.08. The first-order valence-corrected chi connectivity index (χ1v) is 24.9. The molecular weight excluding hydrogens is 819 g/mol. The fourth-order valence-corrected chi connectivity index (χ4v) is 18.4. The Labute approximate surface area is 374 Å². The van der Waals surface area contributed by atoms with Gasteiger partial charge in [0.25, 0.3) is 0 Å². The van der Waals surface area contributed by atoms with Crippen LogP contribution in [0, 0.1) is 12.1 Å². The Bertz CT molecular complexity index is 3060. The zero-order chi connectivity index (χ0) is 42.5. The van der Waals surface area contributed by atoms with Crippen LogP contribution in [0.5, 0.6) is 23.0 Å². The van der Waals surface area contributed by atoms with E-state index in [1.54, 1.807) is 0 Å². The molecule has 9 aromatic carbocycles. The second-order valence-electron chi connectivity index (χ2n) is 15.7. The van der Waals surface area contributed by atoms with E-state index >= 15 is 0 Å². The first-order chi connectivity index (χ1) is 31.7. The Balaban J connectivity index is 1.13. The molecule has 0 spiro atoms. The molecule has 0 radical (unpaired) electrons. The molecule has 10 aromatic rings. The molecule has 2 aliphatic heterocycles. The van der Waals surface area contributed by atoms with Crippen molar-refractivity contribution in [3.05, 3.63) is 237 Å². The molecule has 12 rings (SSSR count). The minimum Gasteiger partial charge on any atom is -0.456 e. The highest BCUT2D eigenvalue weighted by atomic mass is 32.3. The monoisotopic (exact) mass is 855 g/mol. The van der Waals surface area contributed by atoms with Gasteiger partial charge >= 0.3 is 0 Å². The van der Waals surface area contributed by atoms with Gasteiger partial charge in [-0.25, -0.2) is 15.0 Å². The normalized spacial score (nSPS) is 14.2. The lowest BCUT2D eigenvalue weighted by Gasteiger charge is -2.46. The Hall–Kier alpha value is -8.02. The summed E-state index contributed by atoms with van der Waals surface area (Å²) in [4.78, 5) is 20.7. The minimum absolute atomic E-state index is 0.498. The van der Waals surface area contributed by atoms with E-state index in [0.29, 0.717) is 17.5 Å². The second kappa shape index (κ2) is 15.4. The number of aromatic nitrogens is 3. The van der Waals surface area contributed by atoms with Crippen LogP contribution in [-0.2, 0) is 0 Å². The van der Waals surface area contributed by atoms with Gasteiger partial charge in [0.2, 0.25) is 0 Å². The fraction of sp³-hybridized carbons (Fsp3) is 0. The first kappa shape index (κ1) is 37.7. The third-order valence-electron chi connectivity index (χ3n) is 12.2. The maximum Gasteiger partial charge on any atom is 0.198 e. The average Bonchev–Trinajstić information content (AvgIpc) is 3.38. The van der Waals surface area contributed by atoms with Crippen LogP contribution < -0.4 is 30.2 Å². The highest BCUT2D eigenvalue weighted by Crippen LogP contribution is 2.79. The van der Waals surface area contributed by atoms with E-state index in [-0.39, 0.29) is 0 Å². The van der Waals surface area contributed by atoms with Crippen molar-refractivity contribution in [3.8, 4) is 57.2 Å². The number of nitrogens with zero attached hydrogens (tertiary/aromatic N) is 3. The highest BCUT2D eigenvalue weighted by Gasteiger charge is 2.49. The van der Waals surface area contributed by atoms with Crippen molar-refractivity contribution in [2.24, 2.45) is 0 Å². The minimum atomic E-state index is -3.03. The van der Waals surface area contributed by atoms with Crippen molar-refractivity contribution in [2.75, 3.05) is 0 Å². The number of para-hydroxylation sites is 3. The zero-order valence-electron chi connectivity index (χ0n) is 34.4. The summed E-state index contributed by atoms with van der Waals surface area (Å²) in [6.45, 7) is 0. The Morgan fingerprint density at radius 1 is 0.406 bits per heavy atom. The second-order valence-corrected chi connectivity index (χ2v) is 22.4. The van der Waals surface area contributed by atoms with Crippen LogP contribution in [0.3, 0.4) is 0 Å². The molecule has 0 unspecified atom stereocenters. The SMILES string of the molecule is c1ccc2c(c#1)[Si](c1ccccc1)(c1ccccc1)c1cccc(-c3nc(-c4ccccc4)nc(-c4cccc5c4Oc4ccccc4S5(c4ccccc4)c4ccccc4)n3)c1O2. The van der Waals surface area contributed by atoms with Gasteiger partial charge < -0.3 is 9.47 Å². The Morgan fingerprint density at radius 3 is 1.55 bits per heavy atom. The molecule has 302 valence electrons. The van der Waals surface area contributed by atoms with Crippen molar-refractivity contribution >= 4 is 38.8 Å². The molecule has 7 heteroatoms. The van der Waals surface area contributed by atoms with Gasteiger partial charge in [-0.15, -0.1) is 10.0 Å². The van der Waals surface area contributed by atoms with Gasteiger partial charge in [-0.1, -0.05) is 170 Å². The number of hydrogen-bond donors (Lipinski definition) is 0. The molecule has 3 heterocycles. The maximum atomic E-state index is 7.10. The molecule has 1 aromatic heterocycles. The van der Waals surface area contributed by atoms with E-state index in [1.807, 2.05) is 48.5 Å². The lowest BCUT2D eigenvalue weighted by molar-refractivity contribution is 0.453. The van der Waals surface area contributed by atoms with Gasteiger partial charge in [0.15, 0.2) is 31.3 Å². The summed E-state index contributed by atoms with van der Waals surface area (Å²) in [7, 11) is -5.08. The van der Waals surface area contributed by atoms with Crippen molar-refractivity contribution in [1.29, 1.82) is 0 Å². The average molecular weight is 856 g/mol. The molecule has 0 saturated carbocycles. The molecule has 2 aliphatic rings. The van der Waals surface area contributed by atoms with E-state index in [4.69, 9.17) is 24.4 Å². The highest BCUT2D eigenvalue weighted by molar-refractivity contribution is 8.34. The third kappa shape index (κ3) is 5.77. The van der Waals surface area contributed by atoms with Gasteiger partial charge in [-0.2, -0.15) is 0 Å². The van der Waals surface area contributed by atoms with E-state index in [0.717, 1.165) is 59.9 Å². The van der Waals surface area contributed by atoms with Crippen LogP contribution in [0.15, 0.2) is 244 Å². The van der Waals surface area contributed by atoms with Gasteiger partial charge in [0, 0.05) is 30.3 Å². The van der Waals surface area contributed by atoms with Crippen LogP contribution in [0.1, 0.15) is 0 Å². The fourth-order valence-electron chi connectivity index (χ4n) is 9.53. The van der Waals surface area contributed by atoms with Gasteiger partial charge in [0.05, 0.1) is 11.1 Å². The summed E-state index contributed by atoms with van der Waals surface area (Å²) in [5.74, 6) is 4.56. The largest absolute Gasteiger partial charge is 0.456 e. The molecule has 0 saturated heterocycles. The van der Waals surface area contributed by atoms with E-state index in [1.165, 1.54) is 20.2 Å². The molecular formula is C57H37N3O2SSi. The molecule has 0 atom stereocenters. The van der Waals surface area contributed by atoms with Crippen molar-refractivity contribution in [3.63, 3.8) is 0 Å². The summed E-state index contributed by atoms with van der Waals surface area (Å²) in [5.41, 5.74) is 2.41. The van der Waals surface area contributed by atoms with E-state index in [2.05, 4.69) is 188 Å². The predicted molar refractivity (Wildman–Crippen MR) is 258 cm³/mol. The lowest BCUT2D eigenvalue weighted by Crippen LogP contribution is -2.76. The van der Waals surface area contributed by atoms with Crippen molar-refractivity contribution < 1.29 is 9.47 Å². The quantitative estimate of drug-likeness (QED) is 0.150. The molecule has 0 N–H and O–H groups in total. The molecule has 0 fully saturated rings. The summed E-state index contributed by atoms with van der Waals surface area (Å²) in [6.07, 6.45) is 0. The number of rotatable bonds is 7. The standard InChI is InChI=1S/C57H37N3O2SSi/c1-6-22-40(23-7-1)55-58-56(45-32-20-37-50-53(45)61-47-34-16-18-36-49(47)63(50,41-24-8-2-9-25-41)42-26-10-3-11-27-42)60-57(59-55)46-33-21-39-52-54(46)62-48-35-17-19-38-51(48)64(52,43-28-12-4-13-29-43)44-30-14-5-15-31-44/h1-18,20-37,39H. The van der Waals surface area contributed by atoms with Crippen molar-refractivity contribution in [1.82, 2.24) is 15.0 Å². The third-order valence-corrected chi connectivity index (χ3v) is 20.9. The van der Waals surface area contributed by atoms with Crippen LogP contribution in [0.4, 0.5) is 0 Å². The zero-order valence-corrected chi connectivity index (χ0v) is 36.2. The topological polar surface area (TPSA) is 57.1 Å². The molecule has 0 amide bonds. The summed E-state index contributed by atoms with van der Waals surface area (Å²) >= 11 is 0. The number of hydrogen-bond acceptors (Lipinski definition) is 5. The smallest absolute Gasteiger partial charge is 0.198 e. The van der Waals surface area contributed by atoms with Crippen LogP contribution in [-0.4, -0.2) is 23.0 Å². The summed E-state index contributed by atoms with van der Waals surface area (Å²) in [6, 6.07) is 85.3. The van der Waals surface area contributed by atoms with Gasteiger partial charge in [-0.05, 0) is 82.3 Å². The summed E-state index contributed by atoms with van der Waals surface area (Å²) < 4.78 is 14.2. The van der Waals surface area contributed by atoms with Crippen LogP contribution in [0.2, 0.25) is 0 Å². The van der Waals surface area contributed by atoms with Crippen LogP contribution in [0.25, 0.3) is 34.2 Å². The van der Waals surface area contributed by atoms with Gasteiger partial charge in [-0.3, -0.25) is 0 Å². The van der Waals surface area contributed by atoms with E-state index < -0.39 is 18.1 Å². The summed E-state index contributed by atoms with van der Waals surface area (Å²) in [5, 5.41) is 4.55. The van der Waals surface area contributed by atoms with E-state index in [9.17, 15) is 0 Å². The number of ether oxygens (including phenoxy) is 2. The molecule has 5 nitrogen and oxygen atoms in total. The molecule has 0 aliphatic carbocycles. The molecule has 0 bridgehead atoms. The predicted octanol–water partition coefficient (Wildman–Crippen LogP) is 11.4. The van der Waals surface area contributed by atoms with Crippen molar-refractivity contribution in [2.45, 2.75) is 19.6 Å². The molecule has 64 heavy (non-hydrogen) atoms. The van der Waals surface area contributed by atoms with Crippen LogP contribution >= 0.6 is 10.0 Å².